The maximum absolute atomic E-state index is 12.6. The molecule has 2 aromatic heterocycles. The predicted octanol–water partition coefficient (Wildman–Crippen LogP) is 2.53. The molecule has 3 heterocycles. The second-order valence-electron chi connectivity index (χ2n) is 6.65. The van der Waals surface area contributed by atoms with Crippen molar-refractivity contribution in [1.82, 2.24) is 19.5 Å². The number of hydrogen-bond acceptors (Lipinski definition) is 7. The number of aromatic nitrogens is 4. The predicted molar refractivity (Wildman–Crippen MR) is 108 cm³/mol. The van der Waals surface area contributed by atoms with Crippen molar-refractivity contribution in [3.63, 3.8) is 0 Å². The van der Waals surface area contributed by atoms with Crippen LogP contribution in [0.25, 0.3) is 5.82 Å². The molecule has 1 amide bonds. The topological polar surface area (TPSA) is 94.4 Å². The Kier molecular flexibility index (Phi) is 5.28. The molecule has 29 heavy (non-hydrogen) atoms. The van der Waals surface area contributed by atoms with E-state index in [1.165, 1.54) is 19.2 Å². The average Bonchev–Trinajstić information content (AvgIpc) is 3.46. The third kappa shape index (κ3) is 4.13. The number of anilines is 2. The standard InChI is InChI=1S/C20H22N6O3/c1-28-15-7-14(8-16(9-15)29-2)24-20(27)17-11-26(13-23-17)19-10-18(21-12-22-19)25-5-3-4-6-25/h7-13H,3-6H2,1-2H3,(H,24,27). The highest BCUT2D eigenvalue weighted by Gasteiger charge is 2.16. The van der Waals surface area contributed by atoms with E-state index in [1.807, 2.05) is 6.07 Å². The van der Waals surface area contributed by atoms with Gasteiger partial charge in [-0.05, 0) is 12.8 Å². The summed E-state index contributed by atoms with van der Waals surface area (Å²) in [6, 6.07) is 7.06. The number of carbonyl (C=O) groups excluding carboxylic acids is 1. The maximum atomic E-state index is 12.6. The molecule has 1 aliphatic rings. The summed E-state index contributed by atoms with van der Waals surface area (Å²) in [5.74, 6) is 2.38. The zero-order valence-electron chi connectivity index (χ0n) is 16.3. The van der Waals surface area contributed by atoms with E-state index in [9.17, 15) is 4.79 Å². The van der Waals surface area contributed by atoms with Crippen LogP contribution in [0.5, 0.6) is 11.5 Å². The van der Waals surface area contributed by atoms with E-state index in [-0.39, 0.29) is 11.6 Å². The minimum Gasteiger partial charge on any atom is -0.497 e. The summed E-state index contributed by atoms with van der Waals surface area (Å²) in [5.41, 5.74) is 0.826. The monoisotopic (exact) mass is 394 g/mol. The molecule has 0 bridgehead atoms. The number of nitrogens with one attached hydrogen (secondary N) is 1. The lowest BCUT2D eigenvalue weighted by molar-refractivity contribution is 0.102. The highest BCUT2D eigenvalue weighted by Crippen LogP contribution is 2.26. The minimum absolute atomic E-state index is 0.271. The van der Waals surface area contributed by atoms with Gasteiger partial charge in [0.25, 0.3) is 5.91 Å². The fourth-order valence-electron chi connectivity index (χ4n) is 3.24. The number of rotatable bonds is 6. The first kappa shape index (κ1) is 18.7. The smallest absolute Gasteiger partial charge is 0.275 e. The van der Waals surface area contributed by atoms with Gasteiger partial charge in [-0.3, -0.25) is 9.36 Å². The largest absolute Gasteiger partial charge is 0.497 e. The van der Waals surface area contributed by atoms with E-state index in [4.69, 9.17) is 9.47 Å². The van der Waals surface area contributed by atoms with Gasteiger partial charge in [0.05, 0.1) is 14.2 Å². The molecule has 4 rings (SSSR count). The lowest BCUT2D eigenvalue weighted by Crippen LogP contribution is -2.19. The van der Waals surface area contributed by atoms with Gasteiger partial charge in [0, 0.05) is 49.2 Å². The van der Waals surface area contributed by atoms with E-state index in [1.54, 1.807) is 49.5 Å². The van der Waals surface area contributed by atoms with Crippen molar-refractivity contribution in [1.29, 1.82) is 0 Å². The third-order valence-corrected chi connectivity index (χ3v) is 4.76. The van der Waals surface area contributed by atoms with Gasteiger partial charge in [-0.1, -0.05) is 0 Å². The molecule has 0 aliphatic carbocycles. The third-order valence-electron chi connectivity index (χ3n) is 4.76. The van der Waals surface area contributed by atoms with Gasteiger partial charge in [-0.2, -0.15) is 0 Å². The molecule has 150 valence electrons. The summed E-state index contributed by atoms with van der Waals surface area (Å²) in [5, 5.41) is 2.81. The Labute approximate surface area is 168 Å². The van der Waals surface area contributed by atoms with Crippen LogP contribution in [0, 0.1) is 0 Å². The van der Waals surface area contributed by atoms with Gasteiger partial charge in [0.15, 0.2) is 0 Å². The normalized spacial score (nSPS) is 13.4. The molecule has 1 aromatic carbocycles. The lowest BCUT2D eigenvalue weighted by atomic mass is 10.2. The Balaban J connectivity index is 1.52. The summed E-state index contributed by atoms with van der Waals surface area (Å²) < 4.78 is 12.2. The van der Waals surface area contributed by atoms with Crippen molar-refractivity contribution in [2.75, 3.05) is 37.5 Å². The Hall–Kier alpha value is -3.62. The second kappa shape index (κ2) is 8.17. The van der Waals surface area contributed by atoms with Crippen molar-refractivity contribution in [3.8, 4) is 17.3 Å². The molecular weight excluding hydrogens is 372 g/mol. The van der Waals surface area contributed by atoms with E-state index >= 15 is 0 Å². The summed E-state index contributed by atoms with van der Waals surface area (Å²) in [7, 11) is 3.11. The first-order valence-electron chi connectivity index (χ1n) is 9.32. The van der Waals surface area contributed by atoms with Crippen molar-refractivity contribution >= 4 is 17.4 Å². The van der Waals surface area contributed by atoms with E-state index in [0.29, 0.717) is 23.0 Å². The van der Waals surface area contributed by atoms with Crippen molar-refractivity contribution in [3.05, 3.63) is 48.8 Å². The van der Waals surface area contributed by atoms with Crippen LogP contribution in [0.3, 0.4) is 0 Å². The zero-order chi connectivity index (χ0) is 20.2. The Morgan fingerprint density at radius 1 is 0.966 bits per heavy atom. The first-order valence-corrected chi connectivity index (χ1v) is 9.32. The van der Waals surface area contributed by atoms with Crippen LogP contribution in [0.2, 0.25) is 0 Å². The van der Waals surface area contributed by atoms with E-state index in [2.05, 4.69) is 25.2 Å². The molecule has 0 atom stereocenters. The van der Waals surface area contributed by atoms with Crippen LogP contribution in [0.1, 0.15) is 23.3 Å². The minimum atomic E-state index is -0.340. The molecule has 0 saturated carbocycles. The van der Waals surface area contributed by atoms with Gasteiger partial charge in [0.1, 0.15) is 41.5 Å². The molecule has 0 unspecified atom stereocenters. The van der Waals surface area contributed by atoms with Crippen LogP contribution < -0.4 is 19.7 Å². The van der Waals surface area contributed by atoms with Crippen molar-refractivity contribution in [2.24, 2.45) is 0 Å². The molecule has 1 N–H and O–H groups in total. The van der Waals surface area contributed by atoms with Gasteiger partial charge >= 0.3 is 0 Å². The SMILES string of the molecule is COc1cc(NC(=O)c2cn(-c3cc(N4CCCC4)ncn3)cn2)cc(OC)c1. The summed E-state index contributed by atoms with van der Waals surface area (Å²) in [4.78, 5) is 27.7. The number of hydrogen-bond donors (Lipinski definition) is 1. The number of imidazole rings is 1. The quantitative estimate of drug-likeness (QED) is 0.686. The van der Waals surface area contributed by atoms with Crippen LogP contribution in [-0.2, 0) is 0 Å². The van der Waals surface area contributed by atoms with Crippen LogP contribution in [-0.4, -0.2) is 52.7 Å². The number of carbonyl (C=O) groups is 1. The number of ether oxygens (including phenoxy) is 2. The highest BCUT2D eigenvalue weighted by atomic mass is 16.5. The molecule has 9 heteroatoms. The zero-order valence-corrected chi connectivity index (χ0v) is 16.3. The number of benzene rings is 1. The van der Waals surface area contributed by atoms with E-state index in [0.717, 1.165) is 18.9 Å². The van der Waals surface area contributed by atoms with Crippen molar-refractivity contribution < 1.29 is 14.3 Å². The molecule has 3 aromatic rings. The fraction of sp³-hybridized carbons (Fsp3) is 0.300. The molecule has 0 radical (unpaired) electrons. The highest BCUT2D eigenvalue weighted by molar-refractivity contribution is 6.03. The van der Waals surface area contributed by atoms with Crippen LogP contribution >= 0.6 is 0 Å². The van der Waals surface area contributed by atoms with Crippen molar-refractivity contribution in [2.45, 2.75) is 12.8 Å². The lowest BCUT2D eigenvalue weighted by Gasteiger charge is -2.16. The molecule has 1 aliphatic heterocycles. The maximum Gasteiger partial charge on any atom is 0.275 e. The molecule has 0 spiro atoms. The summed E-state index contributed by atoms with van der Waals surface area (Å²) >= 11 is 0. The Morgan fingerprint density at radius 3 is 2.34 bits per heavy atom. The van der Waals surface area contributed by atoms with E-state index < -0.39 is 0 Å². The Bertz CT molecular complexity index is 991. The summed E-state index contributed by atoms with van der Waals surface area (Å²) in [6.07, 6.45) is 7.08. The number of amides is 1. The molecule has 1 saturated heterocycles. The van der Waals surface area contributed by atoms with Crippen LogP contribution in [0.4, 0.5) is 11.5 Å². The molecule has 9 nitrogen and oxygen atoms in total. The van der Waals surface area contributed by atoms with Crippen LogP contribution in [0.15, 0.2) is 43.1 Å². The average molecular weight is 394 g/mol. The number of methoxy groups -OCH3 is 2. The Morgan fingerprint density at radius 2 is 1.66 bits per heavy atom. The fourth-order valence-corrected chi connectivity index (χ4v) is 3.24. The van der Waals surface area contributed by atoms with Gasteiger partial charge in [-0.25, -0.2) is 15.0 Å². The van der Waals surface area contributed by atoms with Gasteiger partial charge in [0.2, 0.25) is 0 Å². The second-order valence-corrected chi connectivity index (χ2v) is 6.65. The van der Waals surface area contributed by atoms with Gasteiger partial charge in [-0.15, -0.1) is 0 Å². The summed E-state index contributed by atoms with van der Waals surface area (Å²) in [6.45, 7) is 2.00. The molecular formula is C20H22N6O3. The first-order chi connectivity index (χ1) is 14.2. The number of nitrogens with zero attached hydrogens (tertiary/aromatic N) is 5. The molecule has 1 fully saturated rings. The van der Waals surface area contributed by atoms with Gasteiger partial charge < -0.3 is 19.7 Å².